The van der Waals surface area contributed by atoms with Crippen molar-refractivity contribution < 1.29 is 9.72 Å². The summed E-state index contributed by atoms with van der Waals surface area (Å²) >= 11 is 7.33. The summed E-state index contributed by atoms with van der Waals surface area (Å²) in [6, 6.07) is 15.0. The number of nitro groups is 1. The molecule has 2 aromatic carbocycles. The van der Waals surface area contributed by atoms with Crippen LogP contribution >= 0.6 is 23.4 Å². The highest BCUT2D eigenvalue weighted by Gasteiger charge is 2.12. The van der Waals surface area contributed by atoms with Crippen LogP contribution < -0.4 is 5.32 Å². The molecule has 3 rings (SSSR count). The number of hydrogen-bond donors (Lipinski definition) is 1. The van der Waals surface area contributed by atoms with E-state index in [0.717, 1.165) is 16.3 Å². The highest BCUT2D eigenvalue weighted by molar-refractivity contribution is 8.00. The predicted molar refractivity (Wildman–Crippen MR) is 106 cm³/mol. The van der Waals surface area contributed by atoms with Crippen molar-refractivity contribution in [2.75, 3.05) is 11.1 Å². The molecule has 3 aromatic rings. The van der Waals surface area contributed by atoms with Gasteiger partial charge in [0.25, 0.3) is 5.69 Å². The van der Waals surface area contributed by atoms with Gasteiger partial charge in [0.15, 0.2) is 0 Å². The van der Waals surface area contributed by atoms with Crippen molar-refractivity contribution in [1.82, 2.24) is 9.78 Å². The second-order valence-electron chi connectivity index (χ2n) is 5.65. The first kappa shape index (κ1) is 18.9. The van der Waals surface area contributed by atoms with Gasteiger partial charge in [-0.25, -0.2) is 4.68 Å². The number of nitro benzene ring substituents is 1. The number of thioether (sulfide) groups is 1. The molecule has 1 amide bonds. The summed E-state index contributed by atoms with van der Waals surface area (Å²) in [6.45, 7) is 1.84. The molecule has 0 unspecified atom stereocenters. The summed E-state index contributed by atoms with van der Waals surface area (Å²) in [7, 11) is 0. The molecule has 0 aliphatic heterocycles. The summed E-state index contributed by atoms with van der Waals surface area (Å²) in [5.74, 6) is 0.503. The Labute approximate surface area is 164 Å². The van der Waals surface area contributed by atoms with Crippen molar-refractivity contribution in [2.45, 2.75) is 11.8 Å². The minimum atomic E-state index is -0.458. The monoisotopic (exact) mass is 402 g/mol. The molecule has 138 valence electrons. The van der Waals surface area contributed by atoms with E-state index in [1.54, 1.807) is 35.0 Å². The fraction of sp³-hybridized carbons (Fsp3) is 0.111. The van der Waals surface area contributed by atoms with Gasteiger partial charge in [0, 0.05) is 28.1 Å². The lowest BCUT2D eigenvalue weighted by Gasteiger charge is -2.09. The van der Waals surface area contributed by atoms with Crippen LogP contribution in [-0.2, 0) is 4.79 Å². The molecule has 0 aliphatic rings. The average molecular weight is 403 g/mol. The Morgan fingerprint density at radius 3 is 2.67 bits per heavy atom. The van der Waals surface area contributed by atoms with Gasteiger partial charge in [-0.15, -0.1) is 11.8 Å². The van der Waals surface area contributed by atoms with Gasteiger partial charge in [-0.1, -0.05) is 17.7 Å². The lowest BCUT2D eigenvalue weighted by molar-refractivity contribution is -0.384. The largest absolute Gasteiger partial charge is 0.310 e. The maximum atomic E-state index is 12.3. The van der Waals surface area contributed by atoms with E-state index in [4.69, 9.17) is 11.6 Å². The molecule has 27 heavy (non-hydrogen) atoms. The number of anilines is 1. The Kier molecular flexibility index (Phi) is 5.78. The van der Waals surface area contributed by atoms with Gasteiger partial charge < -0.3 is 5.32 Å². The van der Waals surface area contributed by atoms with Crippen molar-refractivity contribution >= 4 is 40.8 Å². The summed E-state index contributed by atoms with van der Waals surface area (Å²) in [5, 5.41) is 18.5. The zero-order valence-electron chi connectivity index (χ0n) is 14.3. The van der Waals surface area contributed by atoms with E-state index in [2.05, 4.69) is 10.4 Å². The third-order valence-corrected chi connectivity index (χ3v) is 4.82. The molecule has 0 spiro atoms. The molecule has 0 fully saturated rings. The molecule has 0 aliphatic carbocycles. The summed E-state index contributed by atoms with van der Waals surface area (Å²) in [4.78, 5) is 23.3. The van der Waals surface area contributed by atoms with E-state index < -0.39 is 4.92 Å². The fourth-order valence-electron chi connectivity index (χ4n) is 2.39. The molecular formula is C18H15ClN4O3S. The zero-order chi connectivity index (χ0) is 19.4. The molecule has 0 saturated heterocycles. The van der Waals surface area contributed by atoms with Gasteiger partial charge in [-0.05, 0) is 37.3 Å². The fourth-order valence-corrected chi connectivity index (χ4v) is 3.27. The number of carbonyl (C=O) groups is 1. The van der Waals surface area contributed by atoms with E-state index >= 15 is 0 Å². The van der Waals surface area contributed by atoms with Crippen LogP contribution in [0.5, 0.6) is 0 Å². The summed E-state index contributed by atoms with van der Waals surface area (Å²) < 4.78 is 1.62. The van der Waals surface area contributed by atoms with Crippen LogP contribution in [0.25, 0.3) is 5.69 Å². The predicted octanol–water partition coefficient (Wildman–Crippen LogP) is 4.47. The van der Waals surface area contributed by atoms with Crippen LogP contribution in [0.1, 0.15) is 5.69 Å². The van der Waals surface area contributed by atoms with Crippen LogP contribution in [0, 0.1) is 17.0 Å². The molecule has 0 saturated carbocycles. The Hall–Kier alpha value is -2.84. The van der Waals surface area contributed by atoms with E-state index in [0.29, 0.717) is 10.8 Å². The number of carbonyl (C=O) groups excluding carboxylic acids is 1. The third kappa shape index (κ3) is 4.87. The van der Waals surface area contributed by atoms with Crippen LogP contribution in [0.4, 0.5) is 11.5 Å². The van der Waals surface area contributed by atoms with Crippen molar-refractivity contribution in [1.29, 1.82) is 0 Å². The molecule has 1 N–H and O–H groups in total. The van der Waals surface area contributed by atoms with Gasteiger partial charge >= 0.3 is 0 Å². The Morgan fingerprint density at radius 2 is 2.00 bits per heavy atom. The molecule has 0 atom stereocenters. The van der Waals surface area contributed by atoms with E-state index in [9.17, 15) is 14.9 Å². The van der Waals surface area contributed by atoms with Crippen molar-refractivity contribution in [3.05, 3.63) is 75.4 Å². The van der Waals surface area contributed by atoms with Gasteiger partial charge in [0.05, 0.1) is 22.1 Å². The van der Waals surface area contributed by atoms with Gasteiger partial charge in [-0.2, -0.15) is 5.10 Å². The number of nitrogens with one attached hydrogen (secondary N) is 1. The topological polar surface area (TPSA) is 90.1 Å². The SMILES string of the molecule is Cc1cc(NC(=O)CSc2ccc([N+](=O)[O-])cc2)n(-c2cccc(Cl)c2)n1. The first-order chi connectivity index (χ1) is 12.9. The number of amides is 1. The van der Waals surface area contributed by atoms with Gasteiger partial charge in [0.1, 0.15) is 5.82 Å². The van der Waals surface area contributed by atoms with Crippen molar-refractivity contribution in [3.63, 3.8) is 0 Å². The third-order valence-electron chi connectivity index (χ3n) is 3.57. The first-order valence-electron chi connectivity index (χ1n) is 7.92. The number of hydrogen-bond acceptors (Lipinski definition) is 5. The van der Waals surface area contributed by atoms with Crippen molar-refractivity contribution in [2.24, 2.45) is 0 Å². The Balaban J connectivity index is 1.67. The lowest BCUT2D eigenvalue weighted by atomic mass is 10.3. The minimum absolute atomic E-state index is 0.0182. The molecular weight excluding hydrogens is 388 g/mol. The Morgan fingerprint density at radius 1 is 1.26 bits per heavy atom. The zero-order valence-corrected chi connectivity index (χ0v) is 15.8. The second-order valence-corrected chi connectivity index (χ2v) is 7.14. The maximum absolute atomic E-state index is 12.3. The lowest BCUT2D eigenvalue weighted by Crippen LogP contribution is -2.16. The molecule has 7 nitrogen and oxygen atoms in total. The van der Waals surface area contributed by atoms with E-state index in [1.165, 1.54) is 23.9 Å². The normalized spacial score (nSPS) is 10.6. The van der Waals surface area contributed by atoms with Gasteiger partial charge in [-0.3, -0.25) is 14.9 Å². The number of benzene rings is 2. The number of non-ortho nitro benzene ring substituents is 1. The van der Waals surface area contributed by atoms with E-state index in [-0.39, 0.29) is 17.3 Å². The number of aryl methyl sites for hydroxylation is 1. The summed E-state index contributed by atoms with van der Waals surface area (Å²) in [5.41, 5.74) is 1.52. The highest BCUT2D eigenvalue weighted by atomic mass is 35.5. The van der Waals surface area contributed by atoms with Crippen molar-refractivity contribution in [3.8, 4) is 5.69 Å². The average Bonchev–Trinajstić information content (AvgIpc) is 3.00. The maximum Gasteiger partial charge on any atom is 0.269 e. The quantitative estimate of drug-likeness (QED) is 0.373. The molecule has 9 heteroatoms. The van der Waals surface area contributed by atoms with Crippen LogP contribution in [0.15, 0.2) is 59.5 Å². The molecule has 1 heterocycles. The highest BCUT2D eigenvalue weighted by Crippen LogP contribution is 2.23. The number of nitrogens with zero attached hydrogens (tertiary/aromatic N) is 3. The van der Waals surface area contributed by atoms with Crippen LogP contribution in [0.3, 0.4) is 0 Å². The number of rotatable bonds is 6. The second kappa shape index (κ2) is 8.24. The van der Waals surface area contributed by atoms with E-state index in [1.807, 2.05) is 19.1 Å². The van der Waals surface area contributed by atoms with Crippen LogP contribution in [-0.4, -0.2) is 26.4 Å². The number of aromatic nitrogens is 2. The minimum Gasteiger partial charge on any atom is -0.310 e. The Bertz CT molecular complexity index is 989. The molecule has 0 bridgehead atoms. The smallest absolute Gasteiger partial charge is 0.269 e. The standard InChI is InChI=1S/C18H15ClN4O3S/c1-12-9-17(22(21-12)15-4-2-3-13(19)10-15)20-18(24)11-27-16-7-5-14(6-8-16)23(25)26/h2-10H,11H2,1H3,(H,20,24). The van der Waals surface area contributed by atoms with Crippen LogP contribution in [0.2, 0.25) is 5.02 Å². The molecule has 0 radical (unpaired) electrons. The number of halogens is 1. The van der Waals surface area contributed by atoms with Gasteiger partial charge in [0.2, 0.25) is 5.91 Å². The summed E-state index contributed by atoms with van der Waals surface area (Å²) in [6.07, 6.45) is 0. The first-order valence-corrected chi connectivity index (χ1v) is 9.28. The molecule has 1 aromatic heterocycles.